The molecule has 6 heteroatoms. The molecule has 1 unspecified atom stereocenters. The molecule has 0 spiro atoms. The van der Waals surface area contributed by atoms with E-state index in [0.717, 1.165) is 29.5 Å². The van der Waals surface area contributed by atoms with Crippen molar-refractivity contribution in [3.8, 4) is 0 Å². The first-order valence-electron chi connectivity index (χ1n) is 6.22. The molecule has 0 aromatic heterocycles. The monoisotopic (exact) mass is 325 g/mol. The number of rotatable bonds is 4. The van der Waals surface area contributed by atoms with E-state index in [1.165, 1.54) is 0 Å². The van der Waals surface area contributed by atoms with Gasteiger partial charge in [0.05, 0.1) is 18.3 Å². The van der Waals surface area contributed by atoms with E-state index in [9.17, 15) is 9.59 Å². The molecule has 0 bridgehead atoms. The van der Waals surface area contributed by atoms with Crippen LogP contribution in [-0.2, 0) is 9.59 Å². The van der Waals surface area contributed by atoms with Crippen LogP contribution in [0.25, 0.3) is 0 Å². The summed E-state index contributed by atoms with van der Waals surface area (Å²) >= 11 is 3.36. The molecule has 19 heavy (non-hydrogen) atoms. The lowest BCUT2D eigenvalue weighted by molar-refractivity contribution is -0.124. The molecule has 1 aromatic carbocycles. The molecule has 102 valence electrons. The predicted molar refractivity (Wildman–Crippen MR) is 76.8 cm³/mol. The highest BCUT2D eigenvalue weighted by atomic mass is 79.9. The molecule has 0 radical (unpaired) electrons. The Morgan fingerprint density at radius 2 is 2.21 bits per heavy atom. The van der Waals surface area contributed by atoms with E-state index in [2.05, 4.69) is 31.9 Å². The van der Waals surface area contributed by atoms with Crippen LogP contribution < -0.4 is 16.0 Å². The Morgan fingerprint density at radius 1 is 1.42 bits per heavy atom. The minimum absolute atomic E-state index is 0.0278. The molecule has 2 rings (SSSR count). The normalized spacial score (nSPS) is 18.8. The molecule has 1 aromatic rings. The minimum Gasteiger partial charge on any atom is -0.355 e. The summed E-state index contributed by atoms with van der Waals surface area (Å²) in [5, 5.41) is 8.53. The Morgan fingerprint density at radius 3 is 2.95 bits per heavy atom. The molecule has 0 saturated carbocycles. The number of anilines is 1. The zero-order chi connectivity index (χ0) is 13.7. The number of nitrogens with one attached hydrogen (secondary N) is 3. The predicted octanol–water partition coefficient (Wildman–Crippen LogP) is 1.26. The minimum atomic E-state index is -0.265. The molecule has 1 aliphatic rings. The van der Waals surface area contributed by atoms with Crippen molar-refractivity contribution in [3.05, 3.63) is 28.7 Å². The SMILES string of the molecule is O=C(CNC1CCCNC1=O)Nc1ccccc1Br. The van der Waals surface area contributed by atoms with Gasteiger partial charge in [-0.25, -0.2) is 0 Å². The van der Waals surface area contributed by atoms with Gasteiger partial charge >= 0.3 is 0 Å². The number of carbonyl (C=O) groups is 2. The van der Waals surface area contributed by atoms with Gasteiger partial charge in [-0.2, -0.15) is 0 Å². The van der Waals surface area contributed by atoms with Crippen molar-refractivity contribution in [1.82, 2.24) is 10.6 Å². The van der Waals surface area contributed by atoms with E-state index in [1.807, 2.05) is 24.3 Å². The van der Waals surface area contributed by atoms with Gasteiger partial charge in [-0.15, -0.1) is 0 Å². The fraction of sp³-hybridized carbons (Fsp3) is 0.385. The number of halogens is 1. The van der Waals surface area contributed by atoms with Crippen molar-refractivity contribution < 1.29 is 9.59 Å². The van der Waals surface area contributed by atoms with Crippen molar-refractivity contribution in [1.29, 1.82) is 0 Å². The van der Waals surface area contributed by atoms with E-state index in [0.29, 0.717) is 0 Å². The summed E-state index contributed by atoms with van der Waals surface area (Å²) in [5.41, 5.74) is 0.724. The summed E-state index contributed by atoms with van der Waals surface area (Å²) in [4.78, 5) is 23.3. The van der Waals surface area contributed by atoms with Gasteiger partial charge in [-0.3, -0.25) is 14.9 Å². The average molecular weight is 326 g/mol. The Bertz CT molecular complexity index is 479. The lowest BCUT2D eigenvalue weighted by atomic mass is 10.1. The van der Waals surface area contributed by atoms with Crippen molar-refractivity contribution >= 4 is 33.4 Å². The maximum absolute atomic E-state index is 11.8. The largest absolute Gasteiger partial charge is 0.355 e. The van der Waals surface area contributed by atoms with Gasteiger partial charge in [0.25, 0.3) is 0 Å². The van der Waals surface area contributed by atoms with Crippen LogP contribution in [0.4, 0.5) is 5.69 Å². The number of benzene rings is 1. The molecular weight excluding hydrogens is 310 g/mol. The Hall–Kier alpha value is -1.40. The van der Waals surface area contributed by atoms with Crippen molar-refractivity contribution in [2.75, 3.05) is 18.4 Å². The Kier molecular flexibility index (Phi) is 4.93. The Labute approximate surface area is 120 Å². The van der Waals surface area contributed by atoms with Crippen molar-refractivity contribution in [3.63, 3.8) is 0 Å². The van der Waals surface area contributed by atoms with E-state index in [1.54, 1.807) is 0 Å². The summed E-state index contributed by atoms with van der Waals surface area (Å²) in [7, 11) is 0. The maximum Gasteiger partial charge on any atom is 0.238 e. The first-order valence-corrected chi connectivity index (χ1v) is 7.01. The molecule has 1 saturated heterocycles. The van der Waals surface area contributed by atoms with E-state index in [4.69, 9.17) is 0 Å². The fourth-order valence-corrected chi connectivity index (χ4v) is 2.32. The van der Waals surface area contributed by atoms with Crippen LogP contribution in [0.5, 0.6) is 0 Å². The van der Waals surface area contributed by atoms with Crippen LogP contribution >= 0.6 is 15.9 Å². The zero-order valence-corrected chi connectivity index (χ0v) is 12.0. The third kappa shape index (κ3) is 4.04. The maximum atomic E-state index is 11.8. The highest BCUT2D eigenvalue weighted by Crippen LogP contribution is 2.20. The van der Waals surface area contributed by atoms with Crippen LogP contribution in [0.2, 0.25) is 0 Å². The summed E-state index contributed by atoms with van der Waals surface area (Å²) < 4.78 is 0.832. The topological polar surface area (TPSA) is 70.2 Å². The highest BCUT2D eigenvalue weighted by molar-refractivity contribution is 9.10. The Balaban J connectivity index is 1.81. The van der Waals surface area contributed by atoms with Crippen molar-refractivity contribution in [2.24, 2.45) is 0 Å². The highest BCUT2D eigenvalue weighted by Gasteiger charge is 2.21. The van der Waals surface area contributed by atoms with Crippen LogP contribution in [0.15, 0.2) is 28.7 Å². The number of hydrogen-bond donors (Lipinski definition) is 3. The molecule has 1 atom stereocenters. The second-order valence-corrected chi connectivity index (χ2v) is 5.25. The molecule has 0 aliphatic carbocycles. The van der Waals surface area contributed by atoms with Gasteiger partial charge in [0.1, 0.15) is 0 Å². The second kappa shape index (κ2) is 6.68. The first kappa shape index (κ1) is 14.0. The molecule has 1 aliphatic heterocycles. The molecule has 1 fully saturated rings. The molecular formula is C13H16BrN3O2. The summed E-state index contributed by atoms with van der Waals surface area (Å²) in [6.45, 7) is 0.847. The second-order valence-electron chi connectivity index (χ2n) is 4.39. The van der Waals surface area contributed by atoms with Gasteiger partial charge in [0.2, 0.25) is 11.8 Å². The van der Waals surface area contributed by atoms with Crippen molar-refractivity contribution in [2.45, 2.75) is 18.9 Å². The molecule has 2 amide bonds. The smallest absolute Gasteiger partial charge is 0.238 e. The van der Waals surface area contributed by atoms with Crippen LogP contribution in [0, 0.1) is 0 Å². The third-order valence-corrected chi connectivity index (χ3v) is 3.63. The van der Waals surface area contributed by atoms with E-state index in [-0.39, 0.29) is 24.4 Å². The summed E-state index contributed by atoms with van der Waals surface area (Å²) in [5.74, 6) is -0.190. The first-order chi connectivity index (χ1) is 9.16. The lowest BCUT2D eigenvalue weighted by Crippen LogP contribution is -2.50. The van der Waals surface area contributed by atoms with Gasteiger partial charge < -0.3 is 10.6 Å². The van der Waals surface area contributed by atoms with Gasteiger partial charge in [-0.1, -0.05) is 12.1 Å². The number of para-hydroxylation sites is 1. The zero-order valence-electron chi connectivity index (χ0n) is 10.4. The van der Waals surface area contributed by atoms with Gasteiger partial charge in [0.15, 0.2) is 0 Å². The number of amides is 2. The number of carbonyl (C=O) groups excluding carboxylic acids is 2. The lowest BCUT2D eigenvalue weighted by Gasteiger charge is -2.22. The van der Waals surface area contributed by atoms with Crippen LogP contribution in [-0.4, -0.2) is 30.9 Å². The summed E-state index contributed by atoms with van der Waals surface area (Å²) in [6, 6.07) is 7.14. The van der Waals surface area contributed by atoms with Gasteiger partial charge in [0, 0.05) is 11.0 Å². The molecule has 5 nitrogen and oxygen atoms in total. The standard InChI is InChI=1S/C13H16BrN3O2/c14-9-4-1-2-5-10(9)17-12(18)8-16-11-6-3-7-15-13(11)19/h1-2,4-5,11,16H,3,6-8H2,(H,15,19)(H,17,18). The van der Waals surface area contributed by atoms with Gasteiger partial charge in [-0.05, 0) is 40.9 Å². The molecule has 3 N–H and O–H groups in total. The quantitative estimate of drug-likeness (QED) is 0.780. The number of piperidine rings is 1. The molecule has 1 heterocycles. The average Bonchev–Trinajstić information content (AvgIpc) is 2.40. The third-order valence-electron chi connectivity index (χ3n) is 2.94. The van der Waals surface area contributed by atoms with E-state index < -0.39 is 0 Å². The summed E-state index contributed by atoms with van der Waals surface area (Å²) in [6.07, 6.45) is 1.71. The fourth-order valence-electron chi connectivity index (χ4n) is 1.94. The van der Waals surface area contributed by atoms with E-state index >= 15 is 0 Å². The van der Waals surface area contributed by atoms with Crippen LogP contribution in [0.1, 0.15) is 12.8 Å². The number of hydrogen-bond acceptors (Lipinski definition) is 3. The van der Waals surface area contributed by atoms with Crippen LogP contribution in [0.3, 0.4) is 0 Å².